The molecule has 0 aromatic heterocycles. The van der Waals surface area contributed by atoms with E-state index in [1.54, 1.807) is 30.3 Å². The van der Waals surface area contributed by atoms with E-state index in [1.807, 2.05) is 0 Å². The third-order valence-electron chi connectivity index (χ3n) is 3.01. The number of ether oxygens (including phenoxy) is 1. The second-order valence-corrected chi connectivity index (χ2v) is 4.65. The Morgan fingerprint density at radius 3 is 2.22 bits per heavy atom. The van der Waals surface area contributed by atoms with Gasteiger partial charge in [-0.2, -0.15) is 0 Å². The van der Waals surface area contributed by atoms with Crippen LogP contribution >= 0.6 is 0 Å². The van der Waals surface area contributed by atoms with E-state index in [2.05, 4.69) is 0 Å². The monoisotopic (exact) mass is 311 g/mol. The Kier molecular flexibility index (Phi) is 5.35. The molecule has 0 saturated heterocycles. The first-order chi connectivity index (χ1) is 11.1. The van der Waals surface area contributed by atoms with Crippen LogP contribution in [0.15, 0.2) is 54.6 Å². The molecule has 0 aliphatic rings. The number of carbonyl (C=O) groups excluding carboxylic acids is 2. The molecule has 0 radical (unpaired) electrons. The zero-order valence-corrected chi connectivity index (χ0v) is 12.0. The first-order valence-electron chi connectivity index (χ1n) is 6.72. The third-order valence-corrected chi connectivity index (χ3v) is 3.01. The second-order valence-electron chi connectivity index (χ2n) is 4.65. The largest absolute Gasteiger partial charge is 0.458 e. The Balaban J connectivity index is 1.87. The van der Waals surface area contributed by atoms with E-state index in [0.29, 0.717) is 11.1 Å². The van der Waals surface area contributed by atoms with Gasteiger partial charge in [0.25, 0.3) is 5.69 Å². The molecule has 0 amide bonds. The van der Waals surface area contributed by atoms with Crippen LogP contribution in [0.3, 0.4) is 0 Å². The minimum atomic E-state index is -0.525. The van der Waals surface area contributed by atoms with E-state index < -0.39 is 10.9 Å². The van der Waals surface area contributed by atoms with Gasteiger partial charge in [0, 0.05) is 23.8 Å². The molecule has 0 aliphatic carbocycles. The van der Waals surface area contributed by atoms with Crippen LogP contribution < -0.4 is 0 Å². The van der Waals surface area contributed by atoms with Crippen molar-refractivity contribution in [3.8, 4) is 0 Å². The van der Waals surface area contributed by atoms with Gasteiger partial charge in [-0.3, -0.25) is 14.9 Å². The zero-order valence-electron chi connectivity index (χ0n) is 12.0. The van der Waals surface area contributed by atoms with Gasteiger partial charge in [-0.1, -0.05) is 24.3 Å². The lowest BCUT2D eigenvalue weighted by Gasteiger charge is -2.02. The van der Waals surface area contributed by atoms with Crippen molar-refractivity contribution in [1.82, 2.24) is 0 Å². The van der Waals surface area contributed by atoms with Crippen LogP contribution in [0.1, 0.15) is 21.5 Å². The molecule has 0 unspecified atom stereocenters. The zero-order chi connectivity index (χ0) is 16.7. The van der Waals surface area contributed by atoms with Gasteiger partial charge in [0.1, 0.15) is 12.9 Å². The van der Waals surface area contributed by atoms with Crippen molar-refractivity contribution in [1.29, 1.82) is 0 Å². The van der Waals surface area contributed by atoms with Gasteiger partial charge in [0.2, 0.25) is 0 Å². The smallest absolute Gasteiger partial charge is 0.331 e. The van der Waals surface area contributed by atoms with E-state index in [-0.39, 0.29) is 12.3 Å². The molecule has 2 aromatic carbocycles. The van der Waals surface area contributed by atoms with Gasteiger partial charge in [0.15, 0.2) is 0 Å². The lowest BCUT2D eigenvalue weighted by Crippen LogP contribution is -2.00. The molecular weight excluding hydrogens is 298 g/mol. The van der Waals surface area contributed by atoms with Crippen molar-refractivity contribution in [2.75, 3.05) is 0 Å². The van der Waals surface area contributed by atoms with Crippen molar-refractivity contribution in [2.24, 2.45) is 0 Å². The lowest BCUT2D eigenvalue weighted by molar-refractivity contribution is -0.384. The number of carbonyl (C=O) groups is 2. The van der Waals surface area contributed by atoms with Gasteiger partial charge in [-0.15, -0.1) is 0 Å². The van der Waals surface area contributed by atoms with E-state index in [4.69, 9.17) is 4.74 Å². The molecule has 23 heavy (non-hydrogen) atoms. The van der Waals surface area contributed by atoms with Gasteiger partial charge in [-0.25, -0.2) is 4.79 Å². The van der Waals surface area contributed by atoms with Crippen molar-refractivity contribution in [2.45, 2.75) is 6.61 Å². The van der Waals surface area contributed by atoms with Crippen LogP contribution in [0.4, 0.5) is 5.69 Å². The minimum absolute atomic E-state index is 0.0151. The summed E-state index contributed by atoms with van der Waals surface area (Å²) in [5.41, 5.74) is 1.97. The van der Waals surface area contributed by atoms with Crippen molar-refractivity contribution in [3.05, 3.63) is 81.4 Å². The standard InChI is InChI=1S/C17H13NO5/c19-11-14-3-1-13(2-4-14)7-10-17(20)23-12-15-5-8-16(9-6-15)18(21)22/h1-11H,12H2. The molecule has 2 aromatic rings. The maximum atomic E-state index is 11.6. The first-order valence-corrected chi connectivity index (χ1v) is 6.72. The fourth-order valence-corrected chi connectivity index (χ4v) is 1.77. The first kappa shape index (κ1) is 16.1. The summed E-state index contributed by atoms with van der Waals surface area (Å²) in [5.74, 6) is -0.525. The minimum Gasteiger partial charge on any atom is -0.458 e. The topological polar surface area (TPSA) is 86.5 Å². The summed E-state index contributed by atoms with van der Waals surface area (Å²) in [6.07, 6.45) is 3.60. The summed E-state index contributed by atoms with van der Waals surface area (Å²) in [4.78, 5) is 32.2. The Bertz CT molecular complexity index is 733. The summed E-state index contributed by atoms with van der Waals surface area (Å²) in [5, 5.41) is 10.5. The average molecular weight is 311 g/mol. The van der Waals surface area contributed by atoms with E-state index in [9.17, 15) is 19.7 Å². The maximum absolute atomic E-state index is 11.6. The Morgan fingerprint density at radius 1 is 1.04 bits per heavy atom. The summed E-state index contributed by atoms with van der Waals surface area (Å²) >= 11 is 0. The van der Waals surface area contributed by atoms with Crippen LogP contribution in [0, 0.1) is 10.1 Å². The number of rotatable bonds is 6. The molecule has 2 rings (SSSR count). The third kappa shape index (κ3) is 4.89. The van der Waals surface area contributed by atoms with E-state index in [1.165, 1.54) is 30.3 Å². The molecule has 0 N–H and O–H groups in total. The number of aldehydes is 1. The van der Waals surface area contributed by atoms with E-state index in [0.717, 1.165) is 11.8 Å². The number of nitrogens with zero attached hydrogens (tertiary/aromatic N) is 1. The van der Waals surface area contributed by atoms with Crippen molar-refractivity contribution in [3.63, 3.8) is 0 Å². The fraction of sp³-hybridized carbons (Fsp3) is 0.0588. The molecule has 0 bridgehead atoms. The Morgan fingerprint density at radius 2 is 1.65 bits per heavy atom. The summed E-state index contributed by atoms with van der Waals surface area (Å²) in [6, 6.07) is 12.5. The number of non-ortho nitro benzene ring substituents is 1. The predicted octanol–water partition coefficient (Wildman–Crippen LogP) is 3.16. The highest BCUT2D eigenvalue weighted by atomic mass is 16.6. The molecule has 0 spiro atoms. The molecule has 0 aliphatic heterocycles. The average Bonchev–Trinajstić information content (AvgIpc) is 2.59. The van der Waals surface area contributed by atoms with Crippen LogP contribution in [0.25, 0.3) is 6.08 Å². The van der Waals surface area contributed by atoms with Crippen molar-refractivity contribution < 1.29 is 19.2 Å². The number of nitro benzene ring substituents is 1. The molecule has 6 nitrogen and oxygen atoms in total. The number of esters is 1. The maximum Gasteiger partial charge on any atom is 0.331 e. The van der Waals surface area contributed by atoms with Gasteiger partial charge in [0.05, 0.1) is 4.92 Å². The fourth-order valence-electron chi connectivity index (χ4n) is 1.77. The predicted molar refractivity (Wildman–Crippen MR) is 83.8 cm³/mol. The quantitative estimate of drug-likeness (QED) is 0.269. The van der Waals surface area contributed by atoms with Crippen LogP contribution in [-0.2, 0) is 16.1 Å². The number of nitro groups is 1. The molecule has 0 saturated carbocycles. The molecule has 0 fully saturated rings. The van der Waals surface area contributed by atoms with Crippen LogP contribution in [0.2, 0.25) is 0 Å². The normalized spacial score (nSPS) is 10.4. The summed E-state index contributed by atoms with van der Waals surface area (Å²) < 4.78 is 5.04. The SMILES string of the molecule is O=Cc1ccc(C=CC(=O)OCc2ccc([N+](=O)[O-])cc2)cc1. The van der Waals surface area contributed by atoms with Crippen LogP contribution in [0.5, 0.6) is 0 Å². The highest BCUT2D eigenvalue weighted by Gasteiger charge is 2.05. The van der Waals surface area contributed by atoms with E-state index >= 15 is 0 Å². The van der Waals surface area contributed by atoms with Crippen LogP contribution in [-0.4, -0.2) is 17.2 Å². The van der Waals surface area contributed by atoms with Gasteiger partial charge >= 0.3 is 5.97 Å². The number of hydrogen-bond donors (Lipinski definition) is 0. The molecule has 116 valence electrons. The molecule has 0 heterocycles. The molecule has 0 atom stereocenters. The van der Waals surface area contributed by atoms with Gasteiger partial charge < -0.3 is 4.74 Å². The Hall–Kier alpha value is -3.28. The Labute approximate surface area is 132 Å². The van der Waals surface area contributed by atoms with Crippen molar-refractivity contribution >= 4 is 24.0 Å². The number of hydrogen-bond acceptors (Lipinski definition) is 5. The highest BCUT2D eigenvalue weighted by molar-refractivity contribution is 5.87. The molecular formula is C17H13NO5. The lowest BCUT2D eigenvalue weighted by atomic mass is 10.1. The van der Waals surface area contributed by atoms with Gasteiger partial charge in [-0.05, 0) is 29.3 Å². The number of benzene rings is 2. The highest BCUT2D eigenvalue weighted by Crippen LogP contribution is 2.12. The summed E-state index contributed by atoms with van der Waals surface area (Å²) in [6.45, 7) is 0.0330. The second kappa shape index (κ2) is 7.65. The summed E-state index contributed by atoms with van der Waals surface area (Å²) in [7, 11) is 0. The molecule has 6 heteroatoms.